The van der Waals surface area contributed by atoms with Gasteiger partial charge in [0.1, 0.15) is 6.54 Å². The lowest BCUT2D eigenvalue weighted by atomic mass is 9.89. The number of hydrogen-bond donors (Lipinski definition) is 3. The van der Waals surface area contributed by atoms with E-state index in [0.29, 0.717) is 19.2 Å². The maximum atomic E-state index is 12.1. The predicted octanol–water partition coefficient (Wildman–Crippen LogP) is 5.11. The molecule has 2 fully saturated rings. The van der Waals surface area contributed by atoms with E-state index in [4.69, 9.17) is 18.9 Å². The van der Waals surface area contributed by atoms with E-state index >= 15 is 0 Å². The number of aliphatic hydroxyl groups excluding tert-OH is 1. The number of urea groups is 1. The van der Waals surface area contributed by atoms with E-state index in [1.165, 1.54) is 0 Å². The van der Waals surface area contributed by atoms with Crippen molar-refractivity contribution in [2.24, 2.45) is 5.92 Å². The van der Waals surface area contributed by atoms with Gasteiger partial charge in [-0.15, -0.1) is 0 Å². The molecule has 2 amide bonds. The third-order valence-electron chi connectivity index (χ3n) is 8.99. The minimum atomic E-state index is -0.542. The topological polar surface area (TPSA) is 119 Å². The Morgan fingerprint density at radius 2 is 1.72 bits per heavy atom. The summed E-state index contributed by atoms with van der Waals surface area (Å²) in [5.41, 5.74) is 5.85. The van der Waals surface area contributed by atoms with Crippen molar-refractivity contribution in [3.63, 3.8) is 0 Å². The quantitative estimate of drug-likeness (QED) is 0.220. The van der Waals surface area contributed by atoms with Gasteiger partial charge in [-0.05, 0) is 60.2 Å². The molecule has 2 saturated heterocycles. The van der Waals surface area contributed by atoms with Crippen LogP contribution in [-0.4, -0.2) is 74.1 Å². The van der Waals surface area contributed by atoms with Crippen molar-refractivity contribution >= 4 is 12.0 Å². The van der Waals surface area contributed by atoms with E-state index in [2.05, 4.69) is 46.7 Å². The van der Waals surface area contributed by atoms with E-state index in [-0.39, 0.29) is 37.9 Å². The summed E-state index contributed by atoms with van der Waals surface area (Å²) in [6, 6.07) is 24.1. The molecule has 2 aliphatic rings. The Bertz CT molecular complexity index is 1450. The molecule has 3 aromatic rings. The number of benzene rings is 3. The molecule has 0 saturated carbocycles. The number of amides is 2. The molecule has 252 valence electrons. The number of esters is 1. The summed E-state index contributed by atoms with van der Waals surface area (Å²) >= 11 is 0. The Hall–Kier alpha value is -3.80. The lowest BCUT2D eigenvalue weighted by Gasteiger charge is -2.43. The molecule has 10 nitrogen and oxygen atoms in total. The molecule has 5 rings (SSSR count). The Labute approximate surface area is 277 Å². The van der Waals surface area contributed by atoms with Gasteiger partial charge in [0, 0.05) is 37.7 Å². The number of methoxy groups -OCH3 is 1. The van der Waals surface area contributed by atoms with Crippen molar-refractivity contribution in [1.82, 2.24) is 15.5 Å². The summed E-state index contributed by atoms with van der Waals surface area (Å²) in [6.45, 7) is 6.88. The zero-order valence-corrected chi connectivity index (χ0v) is 27.5. The number of nitrogens with one attached hydrogen (secondary N) is 2. The number of rotatable bonds is 13. The number of hydrogen-bond acceptors (Lipinski definition) is 8. The summed E-state index contributed by atoms with van der Waals surface area (Å²) in [4.78, 5) is 26.1. The van der Waals surface area contributed by atoms with Gasteiger partial charge in [-0.2, -0.15) is 0 Å². The highest BCUT2D eigenvalue weighted by molar-refractivity contribution is 5.80. The largest absolute Gasteiger partial charge is 0.465 e. The Balaban J connectivity index is 1.28. The van der Waals surface area contributed by atoms with Gasteiger partial charge in [0.2, 0.25) is 0 Å². The lowest BCUT2D eigenvalue weighted by Crippen LogP contribution is -2.46. The average Bonchev–Trinajstić information content (AvgIpc) is 3.54. The first kappa shape index (κ1) is 34.5. The van der Waals surface area contributed by atoms with Crippen LogP contribution in [0.3, 0.4) is 0 Å². The first-order valence-electron chi connectivity index (χ1n) is 16.5. The Morgan fingerprint density at radius 3 is 2.45 bits per heavy atom. The molecule has 3 aromatic carbocycles. The highest BCUT2D eigenvalue weighted by Crippen LogP contribution is 2.42. The normalized spacial score (nSPS) is 22.9. The summed E-state index contributed by atoms with van der Waals surface area (Å²) in [6.07, 6.45) is 1.52. The van der Waals surface area contributed by atoms with E-state index in [9.17, 15) is 14.7 Å². The fraction of sp³-hybridized carbons (Fsp3) is 0.459. The molecular weight excluding hydrogens is 598 g/mol. The minimum absolute atomic E-state index is 0.00376. The molecule has 2 heterocycles. The number of carbonyl (C=O) groups excluding carboxylic acids is 2. The molecule has 2 aliphatic heterocycles. The average molecular weight is 646 g/mol. The van der Waals surface area contributed by atoms with E-state index in [1.54, 1.807) is 14.0 Å². The lowest BCUT2D eigenvalue weighted by molar-refractivity contribution is -0.276. The molecule has 0 spiro atoms. The third-order valence-corrected chi connectivity index (χ3v) is 8.99. The van der Waals surface area contributed by atoms with E-state index in [0.717, 1.165) is 59.3 Å². The van der Waals surface area contributed by atoms with Gasteiger partial charge in [-0.3, -0.25) is 9.69 Å². The number of aliphatic hydroxyl groups is 1. The van der Waals surface area contributed by atoms with Gasteiger partial charge in [-0.1, -0.05) is 73.7 Å². The van der Waals surface area contributed by atoms with Crippen molar-refractivity contribution in [2.75, 3.05) is 40.0 Å². The van der Waals surface area contributed by atoms with Gasteiger partial charge in [0.05, 0.1) is 32.0 Å². The van der Waals surface area contributed by atoms with Crippen LogP contribution in [0, 0.1) is 5.92 Å². The molecule has 5 atom stereocenters. The molecule has 47 heavy (non-hydrogen) atoms. The SMILES string of the molecule is CCOC(=O)CNC(=O)NCc1cccc(-c2ccc([C@H]3O[C@@H](CN4CCC[C@H]4COC)[C@@H](C)[C@@H](c4ccc(CO)cc4)O3)cc2)c1. The second kappa shape index (κ2) is 16.9. The smallest absolute Gasteiger partial charge is 0.325 e. The van der Waals surface area contributed by atoms with E-state index < -0.39 is 18.3 Å². The van der Waals surface area contributed by atoms with Crippen LogP contribution in [0.1, 0.15) is 61.3 Å². The zero-order valence-electron chi connectivity index (χ0n) is 27.5. The Kier molecular flexibility index (Phi) is 12.4. The highest BCUT2D eigenvalue weighted by Gasteiger charge is 2.40. The third kappa shape index (κ3) is 9.18. The summed E-state index contributed by atoms with van der Waals surface area (Å²) in [5, 5.41) is 14.9. The molecule has 0 bridgehead atoms. The molecule has 3 N–H and O–H groups in total. The zero-order chi connectivity index (χ0) is 33.2. The van der Waals surface area contributed by atoms with Gasteiger partial charge < -0.3 is 34.7 Å². The minimum Gasteiger partial charge on any atom is -0.465 e. The number of carbonyl (C=O) groups is 2. The summed E-state index contributed by atoms with van der Waals surface area (Å²) < 4.78 is 23.7. The second-order valence-corrected chi connectivity index (χ2v) is 12.2. The molecule has 0 aromatic heterocycles. The van der Waals surface area contributed by atoms with Gasteiger partial charge in [0.25, 0.3) is 0 Å². The van der Waals surface area contributed by atoms with Crippen LogP contribution in [0.5, 0.6) is 0 Å². The van der Waals surface area contributed by atoms with Crippen LogP contribution in [0.4, 0.5) is 4.79 Å². The monoisotopic (exact) mass is 645 g/mol. The van der Waals surface area contributed by atoms with Gasteiger partial charge in [-0.25, -0.2) is 4.79 Å². The highest BCUT2D eigenvalue weighted by atomic mass is 16.7. The van der Waals surface area contributed by atoms with Crippen LogP contribution in [0.15, 0.2) is 72.8 Å². The standard InChI is InChI=1S/C37H47N3O7/c1-4-45-34(42)21-39-37(43)38-20-27-7-5-8-31(19-27)28-14-16-30(17-15-28)36-46-33(22-40-18-6-9-32(40)24-44-3)25(2)35(47-36)29-12-10-26(23-41)11-13-29/h5,7-8,10-17,19,25,32-33,35-36,41H,4,6,9,18,20-24H2,1-3H3,(H2,38,39,43)/t25-,32+,33+,35+,36+/m1/s1. The van der Waals surface area contributed by atoms with Crippen LogP contribution in [0.25, 0.3) is 11.1 Å². The van der Waals surface area contributed by atoms with Crippen LogP contribution in [-0.2, 0) is 36.9 Å². The van der Waals surface area contributed by atoms with Gasteiger partial charge >= 0.3 is 12.0 Å². The molecule has 0 unspecified atom stereocenters. The maximum Gasteiger partial charge on any atom is 0.325 e. The van der Waals surface area contributed by atoms with Crippen molar-refractivity contribution < 1.29 is 33.6 Å². The van der Waals surface area contributed by atoms with Crippen LogP contribution < -0.4 is 10.6 Å². The van der Waals surface area contributed by atoms with Gasteiger partial charge in [0.15, 0.2) is 6.29 Å². The van der Waals surface area contributed by atoms with Crippen LogP contribution >= 0.6 is 0 Å². The predicted molar refractivity (Wildman–Crippen MR) is 178 cm³/mol. The van der Waals surface area contributed by atoms with Crippen molar-refractivity contribution in [2.45, 2.75) is 64.4 Å². The fourth-order valence-corrected chi connectivity index (χ4v) is 6.38. The molecule has 10 heteroatoms. The summed E-state index contributed by atoms with van der Waals surface area (Å²) in [7, 11) is 1.76. The first-order chi connectivity index (χ1) is 22.9. The number of nitrogens with zero attached hydrogens (tertiary/aromatic N) is 1. The molecule has 0 radical (unpaired) electrons. The molecule has 0 aliphatic carbocycles. The van der Waals surface area contributed by atoms with Crippen LogP contribution in [0.2, 0.25) is 0 Å². The van der Waals surface area contributed by atoms with Crippen molar-refractivity contribution in [3.05, 3.63) is 95.1 Å². The second-order valence-electron chi connectivity index (χ2n) is 12.2. The first-order valence-corrected chi connectivity index (χ1v) is 16.5. The Morgan fingerprint density at radius 1 is 0.957 bits per heavy atom. The maximum absolute atomic E-state index is 12.1. The van der Waals surface area contributed by atoms with Crippen molar-refractivity contribution in [3.8, 4) is 11.1 Å². The number of ether oxygens (including phenoxy) is 4. The fourth-order valence-electron chi connectivity index (χ4n) is 6.38. The van der Waals surface area contributed by atoms with Crippen molar-refractivity contribution in [1.29, 1.82) is 0 Å². The summed E-state index contributed by atoms with van der Waals surface area (Å²) in [5.74, 6) is -0.366. The number of likely N-dealkylation sites (tertiary alicyclic amines) is 1. The van der Waals surface area contributed by atoms with E-state index in [1.807, 2.05) is 48.5 Å². The molecular formula is C37H47N3O7.